The van der Waals surface area contributed by atoms with E-state index in [2.05, 4.69) is 5.32 Å². The fourth-order valence-electron chi connectivity index (χ4n) is 2.78. The molecule has 1 aromatic carbocycles. The molecule has 106 valence electrons. The van der Waals surface area contributed by atoms with E-state index in [0.717, 1.165) is 31.5 Å². The molecule has 1 aromatic rings. The van der Waals surface area contributed by atoms with Crippen molar-refractivity contribution in [3.63, 3.8) is 0 Å². The number of aliphatic hydroxyl groups excluding tert-OH is 2. The van der Waals surface area contributed by atoms with E-state index in [-0.39, 0.29) is 18.4 Å². The van der Waals surface area contributed by atoms with E-state index >= 15 is 0 Å². The second-order valence-corrected chi connectivity index (χ2v) is 5.85. The Bertz CT molecular complexity index is 428. The van der Waals surface area contributed by atoms with Gasteiger partial charge in [-0.05, 0) is 43.0 Å². The molecule has 0 amide bonds. The summed E-state index contributed by atoms with van der Waals surface area (Å²) in [4.78, 5) is 0. The number of benzene rings is 1. The zero-order valence-electron chi connectivity index (χ0n) is 10.6. The summed E-state index contributed by atoms with van der Waals surface area (Å²) in [6, 6.07) is 5.59. The summed E-state index contributed by atoms with van der Waals surface area (Å²) in [5.74, 6) is 0.177. The standard InChI is InChI=1S/C14H19Cl2NO2/c15-12-4-3-9(6-13(12)16)11-7-17-5-1-2-10(11)14(19)8-18/h3-4,6,10-11,14,17-19H,1-2,5,7-8H2/t10-,11-,14+/m1/s1. The predicted octanol–water partition coefficient (Wildman–Crippen LogP) is 2.43. The fraction of sp³-hybridized carbons (Fsp3) is 0.571. The Balaban J connectivity index is 2.28. The minimum absolute atomic E-state index is 0.0391. The highest BCUT2D eigenvalue weighted by Gasteiger charge is 2.30. The molecular weight excluding hydrogens is 285 g/mol. The first-order valence-electron chi connectivity index (χ1n) is 6.58. The van der Waals surface area contributed by atoms with Crippen LogP contribution in [0.4, 0.5) is 0 Å². The van der Waals surface area contributed by atoms with Gasteiger partial charge in [0.25, 0.3) is 0 Å². The number of hydrogen-bond donors (Lipinski definition) is 3. The minimum Gasteiger partial charge on any atom is -0.394 e. The molecule has 0 unspecified atom stereocenters. The molecule has 19 heavy (non-hydrogen) atoms. The van der Waals surface area contributed by atoms with Gasteiger partial charge >= 0.3 is 0 Å². The van der Waals surface area contributed by atoms with Gasteiger partial charge in [-0.1, -0.05) is 29.3 Å². The van der Waals surface area contributed by atoms with E-state index in [1.165, 1.54) is 0 Å². The van der Waals surface area contributed by atoms with Crippen LogP contribution in [0, 0.1) is 5.92 Å². The lowest BCUT2D eigenvalue weighted by Crippen LogP contribution is -2.32. The number of halogens is 2. The van der Waals surface area contributed by atoms with Crippen LogP contribution in [0.5, 0.6) is 0 Å². The SMILES string of the molecule is OC[C@H](O)[C@@H]1CCCNC[C@@H]1c1ccc(Cl)c(Cl)c1. The Morgan fingerprint density at radius 1 is 1.32 bits per heavy atom. The zero-order chi connectivity index (χ0) is 13.8. The highest BCUT2D eigenvalue weighted by atomic mass is 35.5. The molecule has 0 spiro atoms. The Morgan fingerprint density at radius 2 is 2.11 bits per heavy atom. The Hall–Kier alpha value is -0.320. The van der Waals surface area contributed by atoms with E-state index in [9.17, 15) is 10.2 Å². The summed E-state index contributed by atoms with van der Waals surface area (Å²) in [7, 11) is 0. The van der Waals surface area contributed by atoms with Crippen LogP contribution in [0.15, 0.2) is 18.2 Å². The van der Waals surface area contributed by atoms with Crippen molar-refractivity contribution < 1.29 is 10.2 Å². The van der Waals surface area contributed by atoms with Gasteiger partial charge in [0.05, 0.1) is 22.8 Å². The maximum atomic E-state index is 10.0. The summed E-state index contributed by atoms with van der Waals surface area (Å²) in [6.07, 6.45) is 1.19. The van der Waals surface area contributed by atoms with Crippen molar-refractivity contribution in [3.8, 4) is 0 Å². The van der Waals surface area contributed by atoms with Crippen LogP contribution in [0.3, 0.4) is 0 Å². The van der Waals surface area contributed by atoms with Crippen LogP contribution < -0.4 is 5.32 Å². The van der Waals surface area contributed by atoms with Crippen molar-refractivity contribution in [2.45, 2.75) is 24.9 Å². The van der Waals surface area contributed by atoms with Crippen molar-refractivity contribution in [3.05, 3.63) is 33.8 Å². The van der Waals surface area contributed by atoms with Crippen LogP contribution in [0.1, 0.15) is 24.3 Å². The molecule has 1 aliphatic rings. The predicted molar refractivity (Wildman–Crippen MR) is 77.9 cm³/mol. The summed E-state index contributed by atoms with van der Waals surface area (Å²) in [6.45, 7) is 1.51. The molecule has 1 saturated heterocycles. The third-order valence-corrected chi connectivity index (χ3v) is 4.56. The molecule has 0 aliphatic carbocycles. The Morgan fingerprint density at radius 3 is 2.79 bits per heavy atom. The maximum absolute atomic E-state index is 10.0. The minimum atomic E-state index is -0.695. The Kier molecular flexibility index (Phi) is 5.48. The first-order chi connectivity index (χ1) is 9.13. The number of nitrogens with one attached hydrogen (secondary N) is 1. The van der Waals surface area contributed by atoms with Gasteiger partial charge in [0.15, 0.2) is 0 Å². The third kappa shape index (κ3) is 3.61. The van der Waals surface area contributed by atoms with E-state index in [4.69, 9.17) is 23.2 Å². The molecule has 0 saturated carbocycles. The summed E-state index contributed by atoms with van der Waals surface area (Å²) in [5, 5.41) is 23.7. The lowest BCUT2D eigenvalue weighted by Gasteiger charge is -2.29. The highest BCUT2D eigenvalue weighted by Crippen LogP contribution is 2.34. The lowest BCUT2D eigenvalue weighted by atomic mass is 9.80. The molecule has 3 atom stereocenters. The van der Waals surface area contributed by atoms with Crippen molar-refractivity contribution in [1.82, 2.24) is 5.32 Å². The molecule has 0 aromatic heterocycles. The largest absolute Gasteiger partial charge is 0.394 e. The third-order valence-electron chi connectivity index (χ3n) is 3.83. The lowest BCUT2D eigenvalue weighted by molar-refractivity contribution is 0.0348. The average Bonchev–Trinajstić information content (AvgIpc) is 2.66. The number of rotatable bonds is 3. The van der Waals surface area contributed by atoms with Crippen LogP contribution in [0.25, 0.3) is 0 Å². The second-order valence-electron chi connectivity index (χ2n) is 5.04. The monoisotopic (exact) mass is 303 g/mol. The number of aliphatic hydroxyl groups is 2. The van der Waals surface area contributed by atoms with E-state index in [1.807, 2.05) is 12.1 Å². The smallest absolute Gasteiger partial charge is 0.0805 e. The van der Waals surface area contributed by atoms with Gasteiger partial charge in [-0.3, -0.25) is 0 Å². The van der Waals surface area contributed by atoms with Gasteiger partial charge in [-0.15, -0.1) is 0 Å². The number of hydrogen-bond acceptors (Lipinski definition) is 3. The van der Waals surface area contributed by atoms with Gasteiger partial charge in [-0.25, -0.2) is 0 Å². The van der Waals surface area contributed by atoms with Crippen LogP contribution >= 0.6 is 23.2 Å². The van der Waals surface area contributed by atoms with Gasteiger partial charge in [0.2, 0.25) is 0 Å². The van der Waals surface area contributed by atoms with Crippen molar-refractivity contribution in [1.29, 1.82) is 0 Å². The summed E-state index contributed by atoms with van der Waals surface area (Å²) >= 11 is 12.0. The molecule has 2 rings (SSSR count). The average molecular weight is 304 g/mol. The van der Waals surface area contributed by atoms with Crippen LogP contribution in [-0.4, -0.2) is 36.0 Å². The van der Waals surface area contributed by atoms with Gasteiger partial charge in [0.1, 0.15) is 0 Å². The van der Waals surface area contributed by atoms with Crippen molar-refractivity contribution in [2.75, 3.05) is 19.7 Å². The zero-order valence-corrected chi connectivity index (χ0v) is 12.2. The highest BCUT2D eigenvalue weighted by molar-refractivity contribution is 6.42. The molecule has 5 heteroatoms. The summed E-state index contributed by atoms with van der Waals surface area (Å²) in [5.41, 5.74) is 1.06. The Labute approximate surface area is 123 Å². The van der Waals surface area contributed by atoms with Crippen LogP contribution in [0.2, 0.25) is 10.0 Å². The molecule has 1 aliphatic heterocycles. The molecule has 1 fully saturated rings. The molecule has 0 radical (unpaired) electrons. The fourth-order valence-corrected chi connectivity index (χ4v) is 3.08. The maximum Gasteiger partial charge on any atom is 0.0805 e. The second kappa shape index (κ2) is 6.91. The van der Waals surface area contributed by atoms with E-state index in [1.54, 1.807) is 6.07 Å². The van der Waals surface area contributed by atoms with Gasteiger partial charge < -0.3 is 15.5 Å². The van der Waals surface area contributed by atoms with Gasteiger partial charge in [0, 0.05) is 12.5 Å². The van der Waals surface area contributed by atoms with Gasteiger partial charge in [-0.2, -0.15) is 0 Å². The first-order valence-corrected chi connectivity index (χ1v) is 7.33. The van der Waals surface area contributed by atoms with Crippen LogP contribution in [-0.2, 0) is 0 Å². The molecule has 3 N–H and O–H groups in total. The quantitative estimate of drug-likeness (QED) is 0.804. The molecular formula is C14H19Cl2NO2. The molecule has 3 nitrogen and oxygen atoms in total. The molecule has 1 heterocycles. The first kappa shape index (κ1) is 15.1. The normalized spacial score (nSPS) is 25.9. The molecule has 0 bridgehead atoms. The van der Waals surface area contributed by atoms with Crippen molar-refractivity contribution in [2.24, 2.45) is 5.92 Å². The van der Waals surface area contributed by atoms with E-state index < -0.39 is 6.10 Å². The summed E-state index contributed by atoms with van der Waals surface area (Å²) < 4.78 is 0. The topological polar surface area (TPSA) is 52.5 Å². The van der Waals surface area contributed by atoms with E-state index in [0.29, 0.717) is 10.0 Å². The van der Waals surface area contributed by atoms with Crippen molar-refractivity contribution >= 4 is 23.2 Å².